The Morgan fingerprint density at radius 1 is 0.917 bits per heavy atom. The van der Waals surface area contributed by atoms with Gasteiger partial charge in [-0.05, 0) is 42.3 Å². The Kier molecular flexibility index (Phi) is 5.23. The van der Waals surface area contributed by atoms with Crippen molar-refractivity contribution in [1.82, 2.24) is 0 Å². The summed E-state index contributed by atoms with van der Waals surface area (Å²) in [6.45, 7) is 1.98. The number of nitrogens with one attached hydrogen (secondary N) is 2. The van der Waals surface area contributed by atoms with Crippen molar-refractivity contribution < 1.29 is 22.8 Å². The van der Waals surface area contributed by atoms with Crippen molar-refractivity contribution in [3.05, 3.63) is 59.7 Å². The Hall–Kier alpha value is -2.83. The largest absolute Gasteiger partial charge is 0.416 e. The van der Waals surface area contributed by atoms with Crippen molar-refractivity contribution in [3.8, 4) is 0 Å². The van der Waals surface area contributed by atoms with E-state index in [1.54, 1.807) is 24.3 Å². The van der Waals surface area contributed by atoms with Crippen molar-refractivity contribution in [2.75, 3.05) is 10.6 Å². The second-order valence-electron chi connectivity index (χ2n) is 5.04. The number of hydrogen-bond acceptors (Lipinski definition) is 2. The summed E-state index contributed by atoms with van der Waals surface area (Å²) < 4.78 is 37.9. The van der Waals surface area contributed by atoms with Gasteiger partial charge in [-0.3, -0.25) is 9.59 Å². The summed E-state index contributed by atoms with van der Waals surface area (Å²) in [6.07, 6.45) is -3.69. The quantitative estimate of drug-likeness (QED) is 0.837. The van der Waals surface area contributed by atoms with Crippen LogP contribution in [0, 0.1) is 0 Å². The lowest BCUT2D eigenvalue weighted by atomic mass is 10.1. The number of alkyl halides is 3. The van der Waals surface area contributed by atoms with Crippen molar-refractivity contribution in [2.24, 2.45) is 0 Å². The third-order valence-corrected chi connectivity index (χ3v) is 3.27. The highest BCUT2D eigenvalue weighted by Crippen LogP contribution is 2.30. The molecular formula is C17H15F3N2O2. The maximum atomic E-state index is 12.6. The average Bonchev–Trinajstić information content (AvgIpc) is 2.55. The number of benzene rings is 2. The first-order chi connectivity index (χ1) is 11.3. The van der Waals surface area contributed by atoms with Crippen molar-refractivity contribution in [2.45, 2.75) is 19.5 Å². The summed E-state index contributed by atoms with van der Waals surface area (Å²) in [6, 6.07) is 11.0. The molecule has 0 aliphatic rings. The lowest BCUT2D eigenvalue weighted by molar-refractivity contribution is -0.137. The van der Waals surface area contributed by atoms with Gasteiger partial charge in [0.15, 0.2) is 0 Å². The SMILES string of the molecule is CCc1ccc(NC(=O)C(=O)Nc2cccc(C(F)(F)F)c2)cc1. The van der Waals surface area contributed by atoms with Gasteiger partial charge in [0.1, 0.15) is 0 Å². The molecule has 0 atom stereocenters. The predicted molar refractivity (Wildman–Crippen MR) is 84.5 cm³/mol. The molecule has 0 saturated carbocycles. The van der Waals surface area contributed by atoms with Crippen molar-refractivity contribution in [1.29, 1.82) is 0 Å². The summed E-state index contributed by atoms with van der Waals surface area (Å²) in [5, 5.41) is 4.53. The van der Waals surface area contributed by atoms with E-state index in [4.69, 9.17) is 0 Å². The van der Waals surface area contributed by atoms with Gasteiger partial charge in [0.2, 0.25) is 0 Å². The number of carbonyl (C=O) groups is 2. The molecule has 2 N–H and O–H groups in total. The second-order valence-corrected chi connectivity index (χ2v) is 5.04. The highest BCUT2D eigenvalue weighted by molar-refractivity contribution is 6.43. The zero-order chi connectivity index (χ0) is 17.7. The molecule has 0 spiro atoms. The van der Waals surface area contributed by atoms with Gasteiger partial charge >= 0.3 is 18.0 Å². The zero-order valence-corrected chi connectivity index (χ0v) is 12.8. The molecule has 2 aromatic rings. The maximum Gasteiger partial charge on any atom is 0.416 e. The topological polar surface area (TPSA) is 58.2 Å². The van der Waals surface area contributed by atoms with E-state index in [0.29, 0.717) is 5.69 Å². The van der Waals surface area contributed by atoms with Gasteiger partial charge in [-0.25, -0.2) is 0 Å². The fourth-order valence-electron chi connectivity index (χ4n) is 1.97. The number of amides is 2. The van der Waals surface area contributed by atoms with Gasteiger partial charge in [-0.1, -0.05) is 25.1 Å². The molecule has 0 aromatic heterocycles. The average molecular weight is 336 g/mol. The lowest BCUT2D eigenvalue weighted by Crippen LogP contribution is -2.29. The summed E-state index contributed by atoms with van der Waals surface area (Å²) in [5.41, 5.74) is 0.486. The third kappa shape index (κ3) is 4.58. The van der Waals surface area contributed by atoms with Gasteiger partial charge in [0.05, 0.1) is 5.56 Å². The Morgan fingerprint density at radius 2 is 1.50 bits per heavy atom. The summed E-state index contributed by atoms with van der Waals surface area (Å²) in [5.74, 6) is -2.01. The lowest BCUT2D eigenvalue weighted by Gasteiger charge is -2.10. The van der Waals surface area contributed by atoms with E-state index in [0.717, 1.165) is 30.2 Å². The summed E-state index contributed by atoms with van der Waals surface area (Å²) >= 11 is 0. The van der Waals surface area contributed by atoms with E-state index < -0.39 is 23.6 Å². The highest BCUT2D eigenvalue weighted by Gasteiger charge is 2.30. The predicted octanol–water partition coefficient (Wildman–Crippen LogP) is 3.85. The number of hydrogen-bond donors (Lipinski definition) is 2. The molecule has 0 aliphatic heterocycles. The molecule has 2 aromatic carbocycles. The van der Waals surface area contributed by atoms with Crippen LogP contribution in [0.4, 0.5) is 24.5 Å². The molecule has 24 heavy (non-hydrogen) atoms. The fraction of sp³-hybridized carbons (Fsp3) is 0.176. The molecular weight excluding hydrogens is 321 g/mol. The van der Waals surface area contributed by atoms with Crippen LogP contribution in [-0.2, 0) is 22.2 Å². The molecule has 2 amide bonds. The minimum absolute atomic E-state index is 0.105. The van der Waals surface area contributed by atoms with Crippen LogP contribution in [0.2, 0.25) is 0 Å². The van der Waals surface area contributed by atoms with Crippen LogP contribution < -0.4 is 10.6 Å². The first-order valence-corrected chi connectivity index (χ1v) is 7.18. The molecule has 126 valence electrons. The highest BCUT2D eigenvalue weighted by atomic mass is 19.4. The molecule has 0 saturated heterocycles. The van der Waals surface area contributed by atoms with Crippen LogP contribution in [0.3, 0.4) is 0 Å². The monoisotopic (exact) mass is 336 g/mol. The molecule has 0 bridgehead atoms. The second kappa shape index (κ2) is 7.16. The standard InChI is InChI=1S/C17H15F3N2O2/c1-2-11-6-8-13(9-7-11)21-15(23)16(24)22-14-5-3-4-12(10-14)17(18,19)20/h3-10H,2H2,1H3,(H,21,23)(H,22,24). The van der Waals surface area contributed by atoms with Crippen LogP contribution in [0.1, 0.15) is 18.1 Å². The van der Waals surface area contributed by atoms with Crippen LogP contribution in [0.5, 0.6) is 0 Å². The molecule has 0 fully saturated rings. The molecule has 7 heteroatoms. The number of halogens is 3. The van der Waals surface area contributed by atoms with E-state index in [2.05, 4.69) is 10.6 Å². The number of aryl methyl sites for hydroxylation is 1. The Labute approximate surface area is 136 Å². The van der Waals surface area contributed by atoms with Gasteiger partial charge < -0.3 is 10.6 Å². The number of anilines is 2. The summed E-state index contributed by atoms with van der Waals surface area (Å²) in [7, 11) is 0. The van der Waals surface area contributed by atoms with E-state index in [1.165, 1.54) is 6.07 Å². The molecule has 4 nitrogen and oxygen atoms in total. The Balaban J connectivity index is 2.02. The first-order valence-electron chi connectivity index (χ1n) is 7.18. The van der Waals surface area contributed by atoms with E-state index in [1.807, 2.05) is 6.92 Å². The first kappa shape index (κ1) is 17.5. The van der Waals surface area contributed by atoms with Crippen molar-refractivity contribution >= 4 is 23.2 Å². The smallest absolute Gasteiger partial charge is 0.318 e. The molecule has 0 radical (unpaired) electrons. The third-order valence-electron chi connectivity index (χ3n) is 3.27. The van der Waals surface area contributed by atoms with Gasteiger partial charge in [0.25, 0.3) is 0 Å². The number of carbonyl (C=O) groups excluding carboxylic acids is 2. The van der Waals surface area contributed by atoms with E-state index in [9.17, 15) is 22.8 Å². The van der Waals surface area contributed by atoms with Crippen LogP contribution in [0.25, 0.3) is 0 Å². The minimum atomic E-state index is -4.52. The zero-order valence-electron chi connectivity index (χ0n) is 12.8. The van der Waals surface area contributed by atoms with Crippen LogP contribution in [0.15, 0.2) is 48.5 Å². The normalized spacial score (nSPS) is 11.0. The molecule has 0 aliphatic carbocycles. The van der Waals surface area contributed by atoms with Crippen molar-refractivity contribution in [3.63, 3.8) is 0 Å². The minimum Gasteiger partial charge on any atom is -0.318 e. The van der Waals surface area contributed by atoms with Crippen LogP contribution in [-0.4, -0.2) is 11.8 Å². The number of rotatable bonds is 3. The van der Waals surface area contributed by atoms with E-state index >= 15 is 0 Å². The molecule has 2 rings (SSSR count). The van der Waals surface area contributed by atoms with Gasteiger partial charge in [-0.2, -0.15) is 13.2 Å². The molecule has 0 unspecified atom stereocenters. The van der Waals surface area contributed by atoms with Crippen LogP contribution >= 0.6 is 0 Å². The van der Waals surface area contributed by atoms with Gasteiger partial charge in [0, 0.05) is 11.4 Å². The Morgan fingerprint density at radius 3 is 2.04 bits per heavy atom. The fourth-order valence-corrected chi connectivity index (χ4v) is 1.97. The van der Waals surface area contributed by atoms with Gasteiger partial charge in [-0.15, -0.1) is 0 Å². The Bertz CT molecular complexity index is 740. The maximum absolute atomic E-state index is 12.6. The molecule has 0 heterocycles. The van der Waals surface area contributed by atoms with E-state index in [-0.39, 0.29) is 5.69 Å². The summed E-state index contributed by atoms with van der Waals surface area (Å²) in [4.78, 5) is 23.6.